The van der Waals surface area contributed by atoms with E-state index < -0.39 is 24.2 Å². The highest BCUT2D eigenvalue weighted by Crippen LogP contribution is 2.23. The summed E-state index contributed by atoms with van der Waals surface area (Å²) in [5, 5.41) is 2.99. The third-order valence-electron chi connectivity index (χ3n) is 3.11. The second kappa shape index (κ2) is 7.92. The van der Waals surface area contributed by atoms with E-state index in [4.69, 9.17) is 11.6 Å². The van der Waals surface area contributed by atoms with E-state index in [9.17, 15) is 18.0 Å². The smallest absolute Gasteiger partial charge is 0.387 e. The number of hydrogen-bond acceptors (Lipinski definition) is 2. The van der Waals surface area contributed by atoms with Crippen molar-refractivity contribution in [2.75, 3.05) is 12.4 Å². The van der Waals surface area contributed by atoms with Crippen molar-refractivity contribution < 1.29 is 22.7 Å². The Bertz CT molecular complexity index is 728. The Balaban J connectivity index is 2.01. The van der Waals surface area contributed by atoms with Crippen LogP contribution in [0.2, 0.25) is 5.02 Å². The number of rotatable bonds is 5. The van der Waals surface area contributed by atoms with Gasteiger partial charge in [0.1, 0.15) is 0 Å². The van der Waals surface area contributed by atoms with E-state index in [1.807, 2.05) is 0 Å². The molecule has 0 aromatic heterocycles. The predicted octanol–water partition coefficient (Wildman–Crippen LogP) is 4.74. The van der Waals surface area contributed by atoms with E-state index in [-0.39, 0.29) is 12.2 Å². The maximum atomic E-state index is 13.6. The Hall–Kier alpha value is -2.41. The lowest BCUT2D eigenvalue weighted by molar-refractivity contribution is -0.0521. The van der Waals surface area contributed by atoms with Crippen LogP contribution in [0.3, 0.4) is 0 Å². The average molecular weight is 359 g/mol. The summed E-state index contributed by atoms with van der Waals surface area (Å²) >= 11 is 6.03. The number of nitrogens with zero attached hydrogens (tertiary/aromatic N) is 1. The highest BCUT2D eigenvalue weighted by atomic mass is 35.5. The number of amides is 2. The van der Waals surface area contributed by atoms with Crippen LogP contribution in [-0.2, 0) is 6.54 Å². The maximum Gasteiger partial charge on any atom is 0.387 e. The number of carbonyl (C=O) groups excluding carboxylic acids is 1. The van der Waals surface area contributed by atoms with E-state index in [1.165, 1.54) is 11.0 Å². The summed E-state index contributed by atoms with van der Waals surface area (Å²) in [6, 6.07) is 9.74. The lowest BCUT2D eigenvalue weighted by atomic mass is 10.2. The summed E-state index contributed by atoms with van der Waals surface area (Å²) < 4.78 is 41.8. The molecule has 0 unspecified atom stereocenters. The van der Waals surface area contributed by atoms with Crippen molar-refractivity contribution in [1.82, 2.24) is 4.90 Å². The second-order valence-electron chi connectivity index (χ2n) is 4.90. The Kier molecular flexibility index (Phi) is 5.92. The molecular formula is C16H14ClF3N2O2. The number of nitrogens with one attached hydrogen (secondary N) is 1. The predicted molar refractivity (Wildman–Crippen MR) is 85.0 cm³/mol. The van der Waals surface area contributed by atoms with Gasteiger partial charge in [-0.25, -0.2) is 9.18 Å². The maximum absolute atomic E-state index is 13.6. The van der Waals surface area contributed by atoms with Crippen molar-refractivity contribution in [2.24, 2.45) is 0 Å². The summed E-state index contributed by atoms with van der Waals surface area (Å²) in [6.07, 6.45) is 0. The summed E-state index contributed by atoms with van der Waals surface area (Å²) in [6.45, 7) is -2.87. The van der Waals surface area contributed by atoms with Gasteiger partial charge in [-0.15, -0.1) is 0 Å². The van der Waals surface area contributed by atoms with E-state index in [1.54, 1.807) is 31.3 Å². The Morgan fingerprint density at radius 2 is 2.00 bits per heavy atom. The number of urea groups is 1. The topological polar surface area (TPSA) is 41.6 Å². The highest BCUT2D eigenvalue weighted by Gasteiger charge is 2.14. The third-order valence-corrected chi connectivity index (χ3v) is 3.48. The molecule has 128 valence electrons. The minimum Gasteiger partial charge on any atom is -0.432 e. The van der Waals surface area contributed by atoms with Gasteiger partial charge in [-0.1, -0.05) is 29.8 Å². The van der Waals surface area contributed by atoms with Gasteiger partial charge in [0, 0.05) is 30.4 Å². The highest BCUT2D eigenvalue weighted by molar-refractivity contribution is 6.31. The molecule has 0 fully saturated rings. The molecule has 0 aliphatic carbocycles. The van der Waals surface area contributed by atoms with E-state index in [0.717, 1.165) is 17.7 Å². The summed E-state index contributed by atoms with van der Waals surface area (Å²) in [4.78, 5) is 13.5. The molecule has 0 bridgehead atoms. The van der Waals surface area contributed by atoms with Gasteiger partial charge in [-0.05, 0) is 23.8 Å². The van der Waals surface area contributed by atoms with Crippen LogP contribution in [0.15, 0.2) is 42.5 Å². The van der Waals surface area contributed by atoms with Crippen molar-refractivity contribution in [2.45, 2.75) is 13.2 Å². The minimum atomic E-state index is -3.12. The van der Waals surface area contributed by atoms with Crippen molar-refractivity contribution in [3.63, 3.8) is 0 Å². The Labute approximate surface area is 141 Å². The van der Waals surface area contributed by atoms with Crippen LogP contribution in [0, 0.1) is 5.82 Å². The fraction of sp³-hybridized carbons (Fsp3) is 0.188. The zero-order valence-electron chi connectivity index (χ0n) is 12.6. The zero-order valence-corrected chi connectivity index (χ0v) is 13.4. The van der Waals surface area contributed by atoms with Gasteiger partial charge in [-0.2, -0.15) is 8.78 Å². The van der Waals surface area contributed by atoms with Crippen LogP contribution < -0.4 is 10.1 Å². The first-order chi connectivity index (χ1) is 11.4. The molecule has 0 aliphatic rings. The molecule has 0 aliphatic heterocycles. The first kappa shape index (κ1) is 17.9. The van der Waals surface area contributed by atoms with Crippen molar-refractivity contribution >= 4 is 23.3 Å². The van der Waals surface area contributed by atoms with Gasteiger partial charge >= 0.3 is 12.6 Å². The normalized spacial score (nSPS) is 10.6. The van der Waals surface area contributed by atoms with Crippen LogP contribution >= 0.6 is 11.6 Å². The fourth-order valence-corrected chi connectivity index (χ4v) is 2.14. The first-order valence-corrected chi connectivity index (χ1v) is 7.24. The van der Waals surface area contributed by atoms with Gasteiger partial charge in [0.15, 0.2) is 11.6 Å². The number of alkyl halides is 2. The molecule has 0 saturated carbocycles. The molecule has 0 saturated heterocycles. The lowest BCUT2D eigenvalue weighted by Gasteiger charge is -2.19. The first-order valence-electron chi connectivity index (χ1n) is 6.86. The molecule has 0 spiro atoms. The average Bonchev–Trinajstić information content (AvgIpc) is 2.52. The number of hydrogen-bond donors (Lipinski definition) is 1. The molecule has 0 heterocycles. The summed E-state index contributed by atoms with van der Waals surface area (Å²) in [7, 11) is 1.54. The minimum absolute atomic E-state index is 0.116. The zero-order chi connectivity index (χ0) is 17.7. The molecular weight excluding hydrogens is 345 g/mol. The summed E-state index contributed by atoms with van der Waals surface area (Å²) in [5.41, 5.74) is 0.869. The molecule has 2 aromatic rings. The van der Waals surface area contributed by atoms with Gasteiger partial charge < -0.3 is 15.0 Å². The SMILES string of the molecule is CN(Cc1ccccc1Cl)C(=O)Nc1ccc(OC(F)F)c(F)c1. The van der Waals surface area contributed by atoms with Crippen LogP contribution in [0.1, 0.15) is 5.56 Å². The van der Waals surface area contributed by atoms with E-state index in [2.05, 4.69) is 10.1 Å². The molecule has 0 atom stereocenters. The molecule has 2 amide bonds. The van der Waals surface area contributed by atoms with Crippen molar-refractivity contribution in [3.8, 4) is 5.75 Å². The number of carbonyl (C=O) groups is 1. The number of anilines is 1. The van der Waals surface area contributed by atoms with Crippen LogP contribution in [0.5, 0.6) is 5.75 Å². The Morgan fingerprint density at radius 1 is 1.29 bits per heavy atom. The van der Waals surface area contributed by atoms with Gasteiger partial charge in [0.2, 0.25) is 0 Å². The fourth-order valence-electron chi connectivity index (χ4n) is 1.94. The van der Waals surface area contributed by atoms with Gasteiger partial charge in [0.05, 0.1) is 0 Å². The molecule has 2 rings (SSSR count). The lowest BCUT2D eigenvalue weighted by Crippen LogP contribution is -2.30. The number of ether oxygens (including phenoxy) is 1. The quantitative estimate of drug-likeness (QED) is 0.838. The second-order valence-corrected chi connectivity index (χ2v) is 5.31. The standard InChI is InChI=1S/C16H14ClF3N2O2/c1-22(9-10-4-2-3-5-12(10)17)16(23)21-11-6-7-14(13(18)8-11)24-15(19)20/h2-8,15H,9H2,1H3,(H,21,23). The van der Waals surface area contributed by atoms with Gasteiger partial charge in [0.25, 0.3) is 0 Å². The largest absolute Gasteiger partial charge is 0.432 e. The molecule has 8 heteroatoms. The molecule has 2 aromatic carbocycles. The molecule has 0 radical (unpaired) electrons. The van der Waals surface area contributed by atoms with Crippen molar-refractivity contribution in [3.05, 3.63) is 58.9 Å². The van der Waals surface area contributed by atoms with Crippen LogP contribution in [-0.4, -0.2) is 24.6 Å². The molecule has 4 nitrogen and oxygen atoms in total. The van der Waals surface area contributed by atoms with Crippen LogP contribution in [0.4, 0.5) is 23.7 Å². The monoisotopic (exact) mass is 358 g/mol. The molecule has 24 heavy (non-hydrogen) atoms. The Morgan fingerprint density at radius 3 is 2.62 bits per heavy atom. The van der Waals surface area contributed by atoms with E-state index >= 15 is 0 Å². The summed E-state index contributed by atoms with van der Waals surface area (Å²) in [5.74, 6) is -1.59. The van der Waals surface area contributed by atoms with Crippen LogP contribution in [0.25, 0.3) is 0 Å². The molecule has 1 N–H and O–H groups in total. The van der Waals surface area contributed by atoms with E-state index in [0.29, 0.717) is 5.02 Å². The number of benzene rings is 2. The van der Waals surface area contributed by atoms with Gasteiger partial charge in [-0.3, -0.25) is 0 Å². The van der Waals surface area contributed by atoms with Crippen molar-refractivity contribution in [1.29, 1.82) is 0 Å². The third kappa shape index (κ3) is 4.79. The number of halogens is 4.